The fourth-order valence-electron chi connectivity index (χ4n) is 1.19. The number of rotatable bonds is 2. The number of halogens is 2. The molecule has 1 atom stereocenters. The Balaban J connectivity index is 2.83. The highest BCUT2D eigenvalue weighted by molar-refractivity contribution is 6.42. The van der Waals surface area contributed by atoms with E-state index in [0.717, 1.165) is 6.42 Å². The first-order valence-corrected chi connectivity index (χ1v) is 5.25. The van der Waals surface area contributed by atoms with Gasteiger partial charge in [0.25, 0.3) is 0 Å². The van der Waals surface area contributed by atoms with Gasteiger partial charge >= 0.3 is 0 Å². The normalized spacial score (nSPS) is 11.7. The van der Waals surface area contributed by atoms with E-state index in [4.69, 9.17) is 23.2 Å². The maximum absolute atomic E-state index is 5.92. The summed E-state index contributed by atoms with van der Waals surface area (Å²) in [5.41, 5.74) is 1.18. The van der Waals surface area contributed by atoms with Crippen molar-refractivity contribution < 1.29 is 0 Å². The largest absolute Gasteiger partial charge is 0.107 e. The van der Waals surface area contributed by atoms with E-state index >= 15 is 0 Å². The van der Waals surface area contributed by atoms with Gasteiger partial charge in [0.05, 0.1) is 10.0 Å². The molecule has 0 saturated heterocycles. The lowest BCUT2D eigenvalue weighted by Crippen LogP contribution is -1.91. The molecule has 0 nitrogen and oxygen atoms in total. The lowest BCUT2D eigenvalue weighted by Gasteiger charge is -2.08. The number of benzene rings is 1. The van der Waals surface area contributed by atoms with Gasteiger partial charge in [-0.25, -0.2) is 0 Å². The molecule has 0 radical (unpaired) electrons. The van der Waals surface area contributed by atoms with E-state index in [-0.39, 0.29) is 0 Å². The summed E-state index contributed by atoms with van der Waals surface area (Å²) in [6, 6.07) is 5.73. The fraction of sp³-hybridized carbons (Fsp3) is 0.333. The van der Waals surface area contributed by atoms with Gasteiger partial charge in [-0.2, -0.15) is 0 Å². The first-order valence-electron chi connectivity index (χ1n) is 4.49. The summed E-state index contributed by atoms with van der Waals surface area (Å²) >= 11 is 11.8. The van der Waals surface area contributed by atoms with Crippen molar-refractivity contribution in [2.75, 3.05) is 0 Å². The minimum atomic E-state index is 0.400. The first kappa shape index (κ1) is 11.4. The van der Waals surface area contributed by atoms with Crippen LogP contribution < -0.4 is 0 Å². The summed E-state index contributed by atoms with van der Waals surface area (Å²) in [4.78, 5) is 0. The molecule has 0 aromatic heterocycles. The van der Waals surface area contributed by atoms with E-state index in [1.165, 1.54) is 5.56 Å². The standard InChI is InChI=1S/C12H12Cl2/c1-3-4-5-9(2)10-6-7-11(13)12(14)8-10/h6-9H,5H2,1-2H3. The predicted molar refractivity (Wildman–Crippen MR) is 62.9 cm³/mol. The second-order valence-corrected chi connectivity index (χ2v) is 4.02. The molecule has 14 heavy (non-hydrogen) atoms. The summed E-state index contributed by atoms with van der Waals surface area (Å²) in [5, 5.41) is 1.21. The summed E-state index contributed by atoms with van der Waals surface area (Å²) in [6.45, 7) is 3.98. The molecule has 1 aromatic rings. The second-order valence-electron chi connectivity index (χ2n) is 3.21. The zero-order chi connectivity index (χ0) is 10.6. The monoisotopic (exact) mass is 226 g/mol. The molecule has 0 N–H and O–H groups in total. The molecule has 74 valence electrons. The summed E-state index contributed by atoms with van der Waals surface area (Å²) in [6.07, 6.45) is 0.856. The molecule has 0 aliphatic carbocycles. The molecule has 1 aromatic carbocycles. The molecular weight excluding hydrogens is 215 g/mol. The fourth-order valence-corrected chi connectivity index (χ4v) is 1.50. The predicted octanol–water partition coefficient (Wildman–Crippen LogP) is 4.51. The van der Waals surface area contributed by atoms with Crippen LogP contribution in [0.2, 0.25) is 10.0 Å². The Labute approximate surface area is 95.2 Å². The van der Waals surface area contributed by atoms with Crippen molar-refractivity contribution in [1.82, 2.24) is 0 Å². The van der Waals surface area contributed by atoms with Crippen LogP contribution in [0.1, 0.15) is 31.7 Å². The van der Waals surface area contributed by atoms with Crippen molar-refractivity contribution >= 4 is 23.2 Å². The van der Waals surface area contributed by atoms with Gasteiger partial charge in [0, 0.05) is 6.42 Å². The van der Waals surface area contributed by atoms with Crippen molar-refractivity contribution in [2.45, 2.75) is 26.2 Å². The molecule has 0 saturated carbocycles. The van der Waals surface area contributed by atoms with Gasteiger partial charge in [-0.3, -0.25) is 0 Å². The van der Waals surface area contributed by atoms with Crippen molar-refractivity contribution in [3.63, 3.8) is 0 Å². The molecular formula is C12H12Cl2. The van der Waals surface area contributed by atoms with Crippen molar-refractivity contribution in [2.24, 2.45) is 0 Å². The molecule has 0 aliphatic heterocycles. The van der Waals surface area contributed by atoms with Gasteiger partial charge in [-0.15, -0.1) is 11.8 Å². The minimum Gasteiger partial charge on any atom is -0.107 e. The minimum absolute atomic E-state index is 0.400. The third kappa shape index (κ3) is 2.94. The Morgan fingerprint density at radius 2 is 2.00 bits per heavy atom. The number of hydrogen-bond acceptors (Lipinski definition) is 0. The zero-order valence-corrected chi connectivity index (χ0v) is 9.78. The first-order chi connectivity index (χ1) is 6.65. The maximum Gasteiger partial charge on any atom is 0.0595 e. The van der Waals surface area contributed by atoms with Crippen LogP contribution in [0.15, 0.2) is 18.2 Å². The van der Waals surface area contributed by atoms with Crippen molar-refractivity contribution in [1.29, 1.82) is 0 Å². The Morgan fingerprint density at radius 3 is 2.57 bits per heavy atom. The summed E-state index contributed by atoms with van der Waals surface area (Å²) in [7, 11) is 0. The molecule has 0 amide bonds. The molecule has 0 bridgehead atoms. The SMILES string of the molecule is CC#CCC(C)c1ccc(Cl)c(Cl)c1. The molecule has 1 unspecified atom stereocenters. The van der Waals surface area contributed by atoms with E-state index in [2.05, 4.69) is 18.8 Å². The molecule has 1 rings (SSSR count). The van der Waals surface area contributed by atoms with Gasteiger partial charge < -0.3 is 0 Å². The van der Waals surface area contributed by atoms with Crippen LogP contribution in [0, 0.1) is 11.8 Å². The average molecular weight is 227 g/mol. The van der Waals surface area contributed by atoms with Crippen LogP contribution in [-0.2, 0) is 0 Å². The molecule has 0 aliphatic rings. The Kier molecular flexibility index (Phi) is 4.32. The van der Waals surface area contributed by atoms with Gasteiger partial charge in [0.15, 0.2) is 0 Å². The van der Waals surface area contributed by atoms with E-state index in [0.29, 0.717) is 16.0 Å². The molecule has 0 heterocycles. The third-order valence-corrected chi connectivity index (χ3v) is 2.84. The highest BCUT2D eigenvalue weighted by Gasteiger charge is 2.05. The molecule has 2 heteroatoms. The Hall–Kier alpha value is -0.640. The lowest BCUT2D eigenvalue weighted by atomic mass is 9.98. The smallest absolute Gasteiger partial charge is 0.0595 e. The van der Waals surface area contributed by atoms with Crippen LogP contribution in [0.3, 0.4) is 0 Å². The topological polar surface area (TPSA) is 0 Å². The van der Waals surface area contributed by atoms with Gasteiger partial charge in [-0.05, 0) is 30.5 Å². The Bertz CT molecular complexity index is 372. The molecule has 0 fully saturated rings. The Morgan fingerprint density at radius 1 is 1.29 bits per heavy atom. The highest BCUT2D eigenvalue weighted by Crippen LogP contribution is 2.27. The van der Waals surface area contributed by atoms with Gasteiger partial charge in [0.2, 0.25) is 0 Å². The van der Waals surface area contributed by atoms with Crippen LogP contribution in [-0.4, -0.2) is 0 Å². The van der Waals surface area contributed by atoms with Crippen LogP contribution in [0.4, 0.5) is 0 Å². The molecule has 0 spiro atoms. The summed E-state index contributed by atoms with van der Waals surface area (Å²) in [5.74, 6) is 6.34. The maximum atomic E-state index is 5.92. The van der Waals surface area contributed by atoms with E-state index in [1.54, 1.807) is 0 Å². The van der Waals surface area contributed by atoms with Crippen LogP contribution in [0.5, 0.6) is 0 Å². The lowest BCUT2D eigenvalue weighted by molar-refractivity contribution is 0.796. The quantitative estimate of drug-likeness (QED) is 0.652. The van der Waals surface area contributed by atoms with E-state index in [9.17, 15) is 0 Å². The van der Waals surface area contributed by atoms with Gasteiger partial charge in [-0.1, -0.05) is 36.2 Å². The van der Waals surface area contributed by atoms with Crippen molar-refractivity contribution in [3.8, 4) is 11.8 Å². The van der Waals surface area contributed by atoms with Gasteiger partial charge in [0.1, 0.15) is 0 Å². The average Bonchev–Trinajstić information content (AvgIpc) is 2.18. The highest BCUT2D eigenvalue weighted by atomic mass is 35.5. The third-order valence-electron chi connectivity index (χ3n) is 2.10. The van der Waals surface area contributed by atoms with Crippen molar-refractivity contribution in [3.05, 3.63) is 33.8 Å². The second kappa shape index (κ2) is 5.29. The zero-order valence-electron chi connectivity index (χ0n) is 8.27. The number of hydrogen-bond donors (Lipinski definition) is 0. The van der Waals surface area contributed by atoms with E-state index < -0.39 is 0 Å². The van der Waals surface area contributed by atoms with E-state index in [1.807, 2.05) is 25.1 Å². The summed E-state index contributed by atoms with van der Waals surface area (Å²) < 4.78 is 0. The van der Waals surface area contributed by atoms with Crippen LogP contribution in [0.25, 0.3) is 0 Å². The van der Waals surface area contributed by atoms with Crippen LogP contribution >= 0.6 is 23.2 Å².